The minimum absolute atomic E-state index is 0.900. The molecule has 0 aromatic carbocycles. The largest absolute Gasteiger partial charge is 0.357 e. The standard InChI is InChI=1S/C8H12N4/c1-4-12(5-1)7-11-8-2-3-9-6-10-8/h2-3,6H,1,4-5,7H2,(H,9,10,11). The van der Waals surface area contributed by atoms with Gasteiger partial charge in [0.05, 0.1) is 6.67 Å². The lowest BCUT2D eigenvalue weighted by Crippen LogP contribution is -2.40. The van der Waals surface area contributed by atoms with E-state index >= 15 is 0 Å². The van der Waals surface area contributed by atoms with Gasteiger partial charge in [-0.05, 0) is 12.5 Å². The summed E-state index contributed by atoms with van der Waals surface area (Å²) in [4.78, 5) is 10.2. The second-order valence-electron chi connectivity index (χ2n) is 2.90. The molecular formula is C8H12N4. The lowest BCUT2D eigenvalue weighted by atomic mass is 10.2. The van der Waals surface area contributed by atoms with Crippen LogP contribution in [-0.4, -0.2) is 34.6 Å². The van der Waals surface area contributed by atoms with Gasteiger partial charge in [-0.1, -0.05) is 0 Å². The molecule has 1 N–H and O–H groups in total. The Labute approximate surface area is 71.6 Å². The summed E-state index contributed by atoms with van der Waals surface area (Å²) in [5.41, 5.74) is 0. The van der Waals surface area contributed by atoms with E-state index in [0.29, 0.717) is 0 Å². The molecule has 1 aliphatic heterocycles. The number of anilines is 1. The van der Waals surface area contributed by atoms with E-state index in [0.717, 1.165) is 12.5 Å². The first-order chi connectivity index (χ1) is 5.95. The first-order valence-electron chi connectivity index (χ1n) is 4.17. The van der Waals surface area contributed by atoms with E-state index in [4.69, 9.17) is 0 Å². The third kappa shape index (κ3) is 1.71. The van der Waals surface area contributed by atoms with Gasteiger partial charge in [-0.2, -0.15) is 0 Å². The molecule has 0 saturated carbocycles. The molecule has 0 bridgehead atoms. The molecule has 1 aliphatic rings. The Morgan fingerprint density at radius 2 is 2.42 bits per heavy atom. The number of rotatable bonds is 3. The van der Waals surface area contributed by atoms with E-state index in [1.807, 2.05) is 6.07 Å². The van der Waals surface area contributed by atoms with E-state index in [1.54, 1.807) is 12.5 Å². The molecule has 4 nitrogen and oxygen atoms in total. The highest BCUT2D eigenvalue weighted by Gasteiger charge is 2.12. The monoisotopic (exact) mass is 164 g/mol. The fourth-order valence-electron chi connectivity index (χ4n) is 1.13. The normalized spacial score (nSPS) is 17.0. The zero-order chi connectivity index (χ0) is 8.23. The van der Waals surface area contributed by atoms with Gasteiger partial charge in [0.1, 0.15) is 12.1 Å². The van der Waals surface area contributed by atoms with Gasteiger partial charge >= 0.3 is 0 Å². The Morgan fingerprint density at radius 3 is 3.00 bits per heavy atom. The summed E-state index contributed by atoms with van der Waals surface area (Å²) in [6.07, 6.45) is 4.62. The van der Waals surface area contributed by atoms with Crippen LogP contribution in [0, 0.1) is 0 Å². The highest BCUT2D eigenvalue weighted by Crippen LogP contribution is 2.05. The number of nitrogens with zero attached hydrogens (tertiary/aromatic N) is 3. The van der Waals surface area contributed by atoms with E-state index in [9.17, 15) is 0 Å². The Bertz CT molecular complexity index is 232. The zero-order valence-electron chi connectivity index (χ0n) is 6.90. The highest BCUT2D eigenvalue weighted by molar-refractivity contribution is 5.31. The molecule has 2 rings (SSSR count). The fraction of sp³-hybridized carbons (Fsp3) is 0.500. The zero-order valence-corrected chi connectivity index (χ0v) is 6.90. The average Bonchev–Trinajstić information content (AvgIpc) is 2.04. The molecule has 2 heterocycles. The predicted molar refractivity (Wildman–Crippen MR) is 46.7 cm³/mol. The lowest BCUT2D eigenvalue weighted by molar-refractivity contribution is 0.195. The minimum Gasteiger partial charge on any atom is -0.357 e. The second kappa shape index (κ2) is 3.49. The number of likely N-dealkylation sites (tertiary alicyclic amines) is 1. The van der Waals surface area contributed by atoms with Crippen molar-refractivity contribution >= 4 is 5.82 Å². The van der Waals surface area contributed by atoms with Crippen LogP contribution in [0.4, 0.5) is 5.82 Å². The predicted octanol–water partition coefficient (Wildman–Crippen LogP) is 0.552. The van der Waals surface area contributed by atoms with Crippen molar-refractivity contribution in [3.05, 3.63) is 18.6 Å². The third-order valence-corrected chi connectivity index (χ3v) is 2.01. The van der Waals surface area contributed by atoms with Crippen molar-refractivity contribution in [2.24, 2.45) is 0 Å². The van der Waals surface area contributed by atoms with Crippen LogP contribution in [0.1, 0.15) is 6.42 Å². The molecule has 0 unspecified atom stereocenters. The van der Waals surface area contributed by atoms with Crippen LogP contribution in [0.15, 0.2) is 18.6 Å². The molecule has 12 heavy (non-hydrogen) atoms. The third-order valence-electron chi connectivity index (χ3n) is 2.01. The fourth-order valence-corrected chi connectivity index (χ4v) is 1.13. The van der Waals surface area contributed by atoms with Gasteiger partial charge in [0, 0.05) is 19.3 Å². The Balaban J connectivity index is 1.79. The molecule has 64 valence electrons. The van der Waals surface area contributed by atoms with Crippen LogP contribution in [0.2, 0.25) is 0 Å². The van der Waals surface area contributed by atoms with Crippen molar-refractivity contribution in [3.8, 4) is 0 Å². The Kier molecular flexibility index (Phi) is 2.18. The first kappa shape index (κ1) is 7.49. The van der Waals surface area contributed by atoms with Gasteiger partial charge in [0.25, 0.3) is 0 Å². The van der Waals surface area contributed by atoms with E-state index in [2.05, 4.69) is 20.2 Å². The summed E-state index contributed by atoms with van der Waals surface area (Å²) in [6.45, 7) is 3.31. The summed E-state index contributed by atoms with van der Waals surface area (Å²) >= 11 is 0. The number of nitrogens with one attached hydrogen (secondary N) is 1. The Hall–Kier alpha value is -1.16. The topological polar surface area (TPSA) is 41.0 Å². The summed E-state index contributed by atoms with van der Waals surface area (Å²) in [7, 11) is 0. The van der Waals surface area contributed by atoms with Crippen molar-refractivity contribution in [1.29, 1.82) is 0 Å². The van der Waals surface area contributed by atoms with Crippen molar-refractivity contribution in [2.75, 3.05) is 25.1 Å². The van der Waals surface area contributed by atoms with Gasteiger partial charge in [0.2, 0.25) is 0 Å². The quantitative estimate of drug-likeness (QED) is 0.708. The number of hydrogen-bond donors (Lipinski definition) is 1. The van der Waals surface area contributed by atoms with Crippen molar-refractivity contribution in [1.82, 2.24) is 14.9 Å². The molecule has 0 aliphatic carbocycles. The van der Waals surface area contributed by atoms with Crippen LogP contribution in [0.5, 0.6) is 0 Å². The first-order valence-corrected chi connectivity index (χ1v) is 4.17. The van der Waals surface area contributed by atoms with Gasteiger partial charge in [0.15, 0.2) is 0 Å². The molecule has 0 spiro atoms. The maximum absolute atomic E-state index is 4.06. The van der Waals surface area contributed by atoms with Crippen LogP contribution in [0.3, 0.4) is 0 Å². The molecule has 1 aromatic heterocycles. The van der Waals surface area contributed by atoms with Crippen molar-refractivity contribution < 1.29 is 0 Å². The summed E-state index contributed by atoms with van der Waals surface area (Å²) in [6, 6.07) is 1.87. The summed E-state index contributed by atoms with van der Waals surface area (Å²) < 4.78 is 0. The SMILES string of the molecule is c1cc(NCN2CCC2)ncn1. The van der Waals surface area contributed by atoms with E-state index in [-0.39, 0.29) is 0 Å². The van der Waals surface area contributed by atoms with Crippen LogP contribution in [-0.2, 0) is 0 Å². The van der Waals surface area contributed by atoms with Crippen LogP contribution in [0.25, 0.3) is 0 Å². The molecule has 0 amide bonds. The van der Waals surface area contributed by atoms with Crippen molar-refractivity contribution in [2.45, 2.75) is 6.42 Å². The maximum Gasteiger partial charge on any atom is 0.130 e. The number of aromatic nitrogens is 2. The summed E-state index contributed by atoms with van der Waals surface area (Å²) in [5, 5.41) is 3.22. The molecule has 1 fully saturated rings. The smallest absolute Gasteiger partial charge is 0.130 e. The minimum atomic E-state index is 0.900. The second-order valence-corrected chi connectivity index (χ2v) is 2.90. The molecule has 1 aromatic rings. The lowest BCUT2D eigenvalue weighted by Gasteiger charge is -2.30. The van der Waals surface area contributed by atoms with Crippen LogP contribution < -0.4 is 5.32 Å². The van der Waals surface area contributed by atoms with Crippen molar-refractivity contribution in [3.63, 3.8) is 0 Å². The maximum atomic E-state index is 4.06. The molecular weight excluding hydrogens is 152 g/mol. The number of hydrogen-bond acceptors (Lipinski definition) is 4. The van der Waals surface area contributed by atoms with Gasteiger partial charge in [-0.25, -0.2) is 9.97 Å². The molecule has 4 heteroatoms. The highest BCUT2D eigenvalue weighted by atomic mass is 15.3. The van der Waals surface area contributed by atoms with E-state index < -0.39 is 0 Å². The average molecular weight is 164 g/mol. The summed E-state index contributed by atoms with van der Waals surface area (Å²) in [5.74, 6) is 0.900. The molecule has 1 saturated heterocycles. The van der Waals surface area contributed by atoms with Gasteiger partial charge < -0.3 is 5.32 Å². The Morgan fingerprint density at radius 1 is 1.50 bits per heavy atom. The van der Waals surface area contributed by atoms with Crippen LogP contribution >= 0.6 is 0 Å². The molecule has 0 radical (unpaired) electrons. The van der Waals surface area contributed by atoms with Gasteiger partial charge in [-0.3, -0.25) is 4.90 Å². The van der Waals surface area contributed by atoms with Gasteiger partial charge in [-0.15, -0.1) is 0 Å². The molecule has 0 atom stereocenters. The van der Waals surface area contributed by atoms with E-state index in [1.165, 1.54) is 19.5 Å².